The number of hydrogen-bond donors (Lipinski definition) is 0. The second-order valence-corrected chi connectivity index (χ2v) is 14.9. The number of aromatic nitrogens is 2. The highest BCUT2D eigenvalue weighted by Crippen LogP contribution is 2.41. The second kappa shape index (κ2) is 14.3. The highest BCUT2D eigenvalue weighted by molar-refractivity contribution is 7.91. The molecule has 1 atom stereocenters. The van der Waals surface area contributed by atoms with Crippen molar-refractivity contribution in [2.75, 3.05) is 51.8 Å². The van der Waals surface area contributed by atoms with Gasteiger partial charge >= 0.3 is 12.2 Å². The third kappa shape index (κ3) is 7.65. The van der Waals surface area contributed by atoms with Crippen molar-refractivity contribution >= 4 is 21.8 Å². The number of morpholine rings is 1. The Morgan fingerprint density at radius 3 is 2.48 bits per heavy atom. The van der Waals surface area contributed by atoms with Gasteiger partial charge in [-0.15, -0.1) is 0 Å². The molecule has 3 aliphatic heterocycles. The van der Waals surface area contributed by atoms with E-state index in [1.807, 2.05) is 0 Å². The number of amides is 3. The van der Waals surface area contributed by atoms with Gasteiger partial charge in [-0.3, -0.25) is 14.6 Å². The van der Waals surface area contributed by atoms with Crippen molar-refractivity contribution in [1.82, 2.24) is 24.8 Å². The van der Waals surface area contributed by atoms with E-state index in [0.717, 1.165) is 43.0 Å². The number of sulfone groups is 1. The molecule has 0 saturated carbocycles. The SMILES string of the molecule is CC1(C)C(=O)N(Cc2nc(-c3ccc(Oc4ccccc4S(=O)(=O)CC4CCCCO4)c(C(F)(F)F)c3)no2)C(=O)N1CCN1CCOCC1. The van der Waals surface area contributed by atoms with Gasteiger partial charge in [-0.2, -0.15) is 18.2 Å². The van der Waals surface area contributed by atoms with Crippen LogP contribution in [0.4, 0.5) is 18.0 Å². The summed E-state index contributed by atoms with van der Waals surface area (Å²) in [6.07, 6.45) is -3.20. The molecule has 50 heavy (non-hydrogen) atoms. The van der Waals surface area contributed by atoms with Gasteiger partial charge in [-0.05, 0) is 63.4 Å². The number of imide groups is 1. The van der Waals surface area contributed by atoms with E-state index in [-0.39, 0.29) is 40.2 Å². The molecule has 17 heteroatoms. The maximum atomic E-state index is 14.4. The van der Waals surface area contributed by atoms with Gasteiger partial charge in [0.25, 0.3) is 5.91 Å². The molecule has 3 fully saturated rings. The number of carbonyl (C=O) groups is 2. The van der Waals surface area contributed by atoms with Gasteiger partial charge in [0.15, 0.2) is 9.84 Å². The molecule has 0 spiro atoms. The minimum atomic E-state index is -4.91. The van der Waals surface area contributed by atoms with Crippen LogP contribution in [0.1, 0.15) is 44.6 Å². The molecule has 13 nitrogen and oxygen atoms in total. The van der Waals surface area contributed by atoms with Crippen LogP contribution in [-0.4, -0.2) is 109 Å². The predicted molar refractivity (Wildman–Crippen MR) is 171 cm³/mol. The Labute approximate surface area is 287 Å². The molecule has 6 rings (SSSR count). The number of carbonyl (C=O) groups excluding carboxylic acids is 2. The quantitative estimate of drug-likeness (QED) is 0.253. The first-order valence-electron chi connectivity index (χ1n) is 16.3. The van der Waals surface area contributed by atoms with Crippen LogP contribution >= 0.6 is 0 Å². The number of nitrogens with zero attached hydrogens (tertiary/aromatic N) is 5. The largest absolute Gasteiger partial charge is 0.455 e. The van der Waals surface area contributed by atoms with Gasteiger partial charge in [-0.1, -0.05) is 17.3 Å². The van der Waals surface area contributed by atoms with Crippen LogP contribution in [0.15, 0.2) is 51.9 Å². The first-order valence-corrected chi connectivity index (χ1v) is 18.0. The molecule has 3 saturated heterocycles. The van der Waals surface area contributed by atoms with Gasteiger partial charge in [0, 0.05) is 38.3 Å². The van der Waals surface area contributed by atoms with Crippen molar-refractivity contribution in [1.29, 1.82) is 0 Å². The molecule has 270 valence electrons. The van der Waals surface area contributed by atoms with Crippen molar-refractivity contribution in [3.8, 4) is 22.9 Å². The zero-order valence-corrected chi connectivity index (χ0v) is 28.5. The first-order chi connectivity index (χ1) is 23.7. The van der Waals surface area contributed by atoms with Crippen molar-refractivity contribution in [3.05, 3.63) is 53.9 Å². The molecule has 3 amide bonds. The normalized spacial score (nSPS) is 20.5. The van der Waals surface area contributed by atoms with Gasteiger partial charge in [0.1, 0.15) is 28.5 Å². The van der Waals surface area contributed by atoms with Crippen LogP contribution in [-0.2, 0) is 36.8 Å². The second-order valence-electron chi connectivity index (χ2n) is 12.9. The zero-order chi connectivity index (χ0) is 35.7. The molecule has 1 unspecified atom stereocenters. The van der Waals surface area contributed by atoms with Gasteiger partial charge < -0.3 is 23.6 Å². The van der Waals surface area contributed by atoms with E-state index in [1.165, 1.54) is 35.2 Å². The Morgan fingerprint density at radius 1 is 1.00 bits per heavy atom. The monoisotopic (exact) mass is 721 g/mol. The minimum absolute atomic E-state index is 0.0819. The molecule has 0 N–H and O–H groups in total. The number of para-hydroxylation sites is 1. The Kier molecular flexibility index (Phi) is 10.2. The number of urea groups is 1. The molecule has 0 aliphatic carbocycles. The fraction of sp³-hybridized carbons (Fsp3) is 0.515. The number of hydrogen-bond acceptors (Lipinski definition) is 11. The minimum Gasteiger partial charge on any atom is -0.455 e. The molecular formula is C33H38F3N5O8S. The fourth-order valence-electron chi connectivity index (χ4n) is 6.23. The van der Waals surface area contributed by atoms with Crippen LogP contribution in [0.3, 0.4) is 0 Å². The highest BCUT2D eigenvalue weighted by atomic mass is 32.2. The lowest BCUT2D eigenvalue weighted by Crippen LogP contribution is -2.48. The number of alkyl halides is 3. The average molecular weight is 722 g/mol. The summed E-state index contributed by atoms with van der Waals surface area (Å²) in [6.45, 7) is 6.87. The number of halogens is 3. The molecule has 3 aromatic rings. The zero-order valence-electron chi connectivity index (χ0n) is 27.6. The third-order valence-electron chi connectivity index (χ3n) is 9.04. The topological polar surface area (TPSA) is 145 Å². The van der Waals surface area contributed by atoms with Crippen LogP contribution in [0.5, 0.6) is 11.5 Å². The summed E-state index contributed by atoms with van der Waals surface area (Å²) >= 11 is 0. The van der Waals surface area contributed by atoms with Crippen LogP contribution in [0.2, 0.25) is 0 Å². The Bertz CT molecular complexity index is 1820. The number of ether oxygens (including phenoxy) is 3. The summed E-state index contributed by atoms with van der Waals surface area (Å²) in [7, 11) is -3.97. The van der Waals surface area contributed by atoms with E-state index < -0.39 is 50.9 Å². The van der Waals surface area contributed by atoms with Crippen molar-refractivity contribution < 1.29 is 49.9 Å². The smallest absolute Gasteiger partial charge is 0.420 e. The standard InChI is InChI=1S/C33H38F3N5O8S/c1-32(2)30(42)40(31(43)41(32)13-12-39-14-17-46-18-15-39)20-28-37-29(38-49-28)22-10-11-25(24(19-22)33(34,35)36)48-26-8-3-4-9-27(26)50(44,45)21-23-7-5-6-16-47-23/h3-4,8-11,19,23H,5-7,12-18,20-21H2,1-2H3. The van der Waals surface area contributed by atoms with E-state index in [0.29, 0.717) is 39.3 Å². The van der Waals surface area contributed by atoms with E-state index in [4.69, 9.17) is 18.7 Å². The fourth-order valence-corrected chi connectivity index (χ4v) is 7.87. The summed E-state index contributed by atoms with van der Waals surface area (Å²) in [6, 6.07) is 8.06. The summed E-state index contributed by atoms with van der Waals surface area (Å²) in [5, 5.41) is 3.80. The highest BCUT2D eigenvalue weighted by Gasteiger charge is 2.51. The average Bonchev–Trinajstić information content (AvgIpc) is 3.61. The van der Waals surface area contributed by atoms with Crippen molar-refractivity contribution in [3.63, 3.8) is 0 Å². The lowest BCUT2D eigenvalue weighted by atomic mass is 10.0. The first kappa shape index (κ1) is 35.8. The third-order valence-corrected chi connectivity index (χ3v) is 10.9. The molecule has 4 heterocycles. The molecular weight excluding hydrogens is 683 g/mol. The summed E-state index contributed by atoms with van der Waals surface area (Å²) in [4.78, 5) is 35.1. The van der Waals surface area contributed by atoms with E-state index in [2.05, 4.69) is 15.0 Å². The Hall–Kier alpha value is -4.06. The number of rotatable bonds is 11. The van der Waals surface area contributed by atoms with E-state index in [9.17, 15) is 31.2 Å². The molecule has 3 aliphatic rings. The van der Waals surface area contributed by atoms with Crippen molar-refractivity contribution in [2.24, 2.45) is 0 Å². The maximum absolute atomic E-state index is 14.4. The van der Waals surface area contributed by atoms with Crippen LogP contribution in [0.25, 0.3) is 11.4 Å². The van der Waals surface area contributed by atoms with E-state index >= 15 is 0 Å². The van der Waals surface area contributed by atoms with Gasteiger partial charge in [0.05, 0.1) is 30.6 Å². The lowest BCUT2D eigenvalue weighted by Gasteiger charge is -2.32. The van der Waals surface area contributed by atoms with Crippen LogP contribution in [0, 0.1) is 0 Å². The Morgan fingerprint density at radius 2 is 1.76 bits per heavy atom. The van der Waals surface area contributed by atoms with E-state index in [1.54, 1.807) is 13.8 Å². The molecule has 1 aromatic heterocycles. The molecule has 0 bridgehead atoms. The molecule has 0 radical (unpaired) electrons. The molecule has 2 aromatic carbocycles. The predicted octanol–water partition coefficient (Wildman–Crippen LogP) is 4.77. The summed E-state index contributed by atoms with van der Waals surface area (Å²) in [5.74, 6) is -2.05. The summed E-state index contributed by atoms with van der Waals surface area (Å²) < 4.78 is 91.5. The van der Waals surface area contributed by atoms with Gasteiger partial charge in [0.2, 0.25) is 11.7 Å². The summed E-state index contributed by atoms with van der Waals surface area (Å²) in [5.41, 5.74) is -2.42. The van der Waals surface area contributed by atoms with Gasteiger partial charge in [-0.25, -0.2) is 13.2 Å². The Balaban J connectivity index is 1.19. The van der Waals surface area contributed by atoms with Crippen molar-refractivity contribution in [2.45, 2.75) is 62.4 Å². The lowest BCUT2D eigenvalue weighted by molar-refractivity contribution is -0.138. The number of benzene rings is 2. The van der Waals surface area contributed by atoms with Crippen LogP contribution < -0.4 is 4.74 Å². The maximum Gasteiger partial charge on any atom is 0.420 e.